The molecule has 9 heteroatoms. The van der Waals surface area contributed by atoms with Crippen LogP contribution in [-0.2, 0) is 23.0 Å². The van der Waals surface area contributed by atoms with E-state index < -0.39 is 10.0 Å². The van der Waals surface area contributed by atoms with Crippen LogP contribution in [0.25, 0.3) is 0 Å². The Hall–Kier alpha value is -1.29. The van der Waals surface area contributed by atoms with Gasteiger partial charge in [-0.15, -0.1) is 11.3 Å². The molecule has 21 heavy (non-hydrogen) atoms. The first-order valence-electron chi connectivity index (χ1n) is 6.62. The van der Waals surface area contributed by atoms with Crippen molar-refractivity contribution in [1.82, 2.24) is 25.2 Å². The number of aromatic nitrogens is 3. The molecule has 7 nitrogen and oxygen atoms in total. The summed E-state index contributed by atoms with van der Waals surface area (Å²) in [4.78, 5) is 4.12. The van der Waals surface area contributed by atoms with Crippen molar-refractivity contribution in [2.75, 3.05) is 6.54 Å². The van der Waals surface area contributed by atoms with Crippen LogP contribution in [-0.4, -0.2) is 36.2 Å². The van der Waals surface area contributed by atoms with Crippen LogP contribution in [0.1, 0.15) is 24.4 Å². The minimum Gasteiger partial charge on any atom is -0.310 e. The third-order valence-electron chi connectivity index (χ3n) is 2.76. The Kier molecular flexibility index (Phi) is 5.45. The fourth-order valence-electron chi connectivity index (χ4n) is 1.71. The van der Waals surface area contributed by atoms with Crippen LogP contribution in [0, 0.1) is 0 Å². The molecule has 0 atom stereocenters. The quantitative estimate of drug-likeness (QED) is 0.668. The first-order valence-corrected chi connectivity index (χ1v) is 8.99. The van der Waals surface area contributed by atoms with Crippen LogP contribution in [0.4, 0.5) is 0 Å². The van der Waals surface area contributed by atoms with Gasteiger partial charge in [0.1, 0.15) is 0 Å². The Morgan fingerprint density at radius 3 is 2.90 bits per heavy atom. The lowest BCUT2D eigenvalue weighted by atomic mass is 10.3. The highest BCUT2D eigenvalue weighted by Crippen LogP contribution is 2.12. The molecule has 0 aromatic carbocycles. The molecule has 116 valence electrons. The number of nitrogens with one attached hydrogen (secondary N) is 3. The molecule has 0 bridgehead atoms. The second-order valence-corrected chi connectivity index (χ2v) is 7.52. The van der Waals surface area contributed by atoms with E-state index in [-0.39, 0.29) is 11.1 Å². The number of aromatic amines is 1. The predicted molar refractivity (Wildman–Crippen MR) is 81.6 cm³/mol. The number of H-pyrrole nitrogens is 1. The van der Waals surface area contributed by atoms with Crippen LogP contribution < -0.4 is 10.0 Å². The van der Waals surface area contributed by atoms with Gasteiger partial charge in [0.15, 0.2) is 5.03 Å². The third-order valence-corrected chi connectivity index (χ3v) is 5.08. The minimum absolute atomic E-state index is 0.120. The van der Waals surface area contributed by atoms with Gasteiger partial charge in [0.05, 0.1) is 11.2 Å². The van der Waals surface area contributed by atoms with Gasteiger partial charge in [0, 0.05) is 42.7 Å². The molecule has 0 saturated carbocycles. The van der Waals surface area contributed by atoms with Crippen molar-refractivity contribution in [3.05, 3.63) is 28.3 Å². The van der Waals surface area contributed by atoms with Crippen molar-refractivity contribution < 1.29 is 8.42 Å². The maximum Gasteiger partial charge on any atom is 0.257 e. The second-order valence-electron chi connectivity index (χ2n) is 4.83. The third kappa shape index (κ3) is 4.60. The Bertz CT molecular complexity index is 649. The van der Waals surface area contributed by atoms with Gasteiger partial charge in [-0.2, -0.15) is 5.10 Å². The molecule has 0 aliphatic carbocycles. The van der Waals surface area contributed by atoms with Gasteiger partial charge in [0.25, 0.3) is 10.0 Å². The van der Waals surface area contributed by atoms with E-state index >= 15 is 0 Å². The maximum atomic E-state index is 12.3. The largest absolute Gasteiger partial charge is 0.310 e. The molecule has 0 saturated heterocycles. The summed E-state index contributed by atoms with van der Waals surface area (Å²) in [5.74, 6) is 0. The van der Waals surface area contributed by atoms with E-state index in [0.29, 0.717) is 25.1 Å². The number of thiazole rings is 1. The normalized spacial score (nSPS) is 12.1. The van der Waals surface area contributed by atoms with E-state index in [1.165, 1.54) is 17.5 Å². The van der Waals surface area contributed by atoms with Crippen molar-refractivity contribution in [2.24, 2.45) is 0 Å². The summed E-state index contributed by atoms with van der Waals surface area (Å²) in [5, 5.41) is 12.5. The summed E-state index contributed by atoms with van der Waals surface area (Å²) in [5.41, 5.74) is 0.630. The number of sulfonamides is 1. The molecule has 2 aromatic heterocycles. The summed E-state index contributed by atoms with van der Waals surface area (Å²) in [6.45, 7) is 4.77. The molecule has 2 rings (SSSR count). The molecule has 0 spiro atoms. The summed E-state index contributed by atoms with van der Waals surface area (Å²) in [7, 11) is -3.58. The first kappa shape index (κ1) is 16.1. The average molecular weight is 329 g/mol. The number of rotatable bonds is 8. The van der Waals surface area contributed by atoms with E-state index in [1.807, 2.05) is 19.2 Å². The van der Waals surface area contributed by atoms with Gasteiger partial charge in [-0.25, -0.2) is 18.1 Å². The molecule has 0 radical (unpaired) electrons. The molecule has 0 amide bonds. The zero-order chi connectivity index (χ0) is 15.3. The molecular weight excluding hydrogens is 310 g/mol. The van der Waals surface area contributed by atoms with Crippen LogP contribution in [0.5, 0.6) is 0 Å². The lowest BCUT2D eigenvalue weighted by Gasteiger charge is -2.09. The predicted octanol–water partition coefficient (Wildman–Crippen LogP) is 0.885. The molecule has 0 aliphatic heterocycles. The van der Waals surface area contributed by atoms with E-state index in [2.05, 4.69) is 25.2 Å². The Morgan fingerprint density at radius 2 is 2.24 bits per heavy atom. The summed E-state index contributed by atoms with van der Waals surface area (Å²) < 4.78 is 27.1. The monoisotopic (exact) mass is 329 g/mol. The summed E-state index contributed by atoms with van der Waals surface area (Å²) in [6.07, 6.45) is 3.81. The fraction of sp³-hybridized carbons (Fsp3) is 0.500. The lowest BCUT2D eigenvalue weighted by molar-refractivity contribution is 0.564. The smallest absolute Gasteiger partial charge is 0.257 e. The average Bonchev–Trinajstić information content (AvgIpc) is 3.07. The Labute approximate surface area is 128 Å². The summed E-state index contributed by atoms with van der Waals surface area (Å²) in [6, 6.07) is 0.272. The lowest BCUT2D eigenvalue weighted by Crippen LogP contribution is -2.28. The van der Waals surface area contributed by atoms with Crippen LogP contribution in [0.3, 0.4) is 0 Å². The van der Waals surface area contributed by atoms with Gasteiger partial charge in [-0.05, 0) is 0 Å². The first-order chi connectivity index (χ1) is 9.99. The van der Waals surface area contributed by atoms with Gasteiger partial charge in [0.2, 0.25) is 0 Å². The van der Waals surface area contributed by atoms with E-state index in [9.17, 15) is 8.42 Å². The Morgan fingerprint density at radius 1 is 1.43 bits per heavy atom. The molecule has 2 heterocycles. The van der Waals surface area contributed by atoms with Gasteiger partial charge in [-0.1, -0.05) is 13.8 Å². The zero-order valence-corrected chi connectivity index (χ0v) is 13.6. The van der Waals surface area contributed by atoms with Crippen molar-refractivity contribution >= 4 is 21.4 Å². The topological polar surface area (TPSA) is 99.8 Å². The molecule has 0 fully saturated rings. The van der Waals surface area contributed by atoms with E-state index in [0.717, 1.165) is 5.01 Å². The molecular formula is C12H19N5O2S2. The van der Waals surface area contributed by atoms with Crippen LogP contribution in [0.2, 0.25) is 0 Å². The second kappa shape index (κ2) is 7.12. The van der Waals surface area contributed by atoms with Crippen molar-refractivity contribution in [3.63, 3.8) is 0 Å². The van der Waals surface area contributed by atoms with Crippen molar-refractivity contribution in [1.29, 1.82) is 0 Å². The molecule has 3 N–H and O–H groups in total. The van der Waals surface area contributed by atoms with Crippen LogP contribution >= 0.6 is 11.3 Å². The van der Waals surface area contributed by atoms with Gasteiger partial charge < -0.3 is 5.32 Å². The van der Waals surface area contributed by atoms with E-state index in [4.69, 9.17) is 0 Å². The SMILES string of the molecule is CC(C)NCc1cn[nH]c1S(=O)(=O)NCCc1nccs1. The van der Waals surface area contributed by atoms with Crippen molar-refractivity contribution in [2.45, 2.75) is 37.9 Å². The summed E-state index contributed by atoms with van der Waals surface area (Å²) >= 11 is 1.51. The van der Waals surface area contributed by atoms with Gasteiger partial charge >= 0.3 is 0 Å². The molecule has 0 aliphatic rings. The number of hydrogen-bond acceptors (Lipinski definition) is 6. The zero-order valence-electron chi connectivity index (χ0n) is 12.0. The standard InChI is InChI=1S/C12H19N5O2S2/c1-9(2)14-7-10-8-15-17-12(10)21(18,19)16-4-3-11-13-5-6-20-11/h5-6,8-9,14,16H,3-4,7H2,1-2H3,(H,15,17). The molecule has 0 unspecified atom stereocenters. The fourth-order valence-corrected chi connectivity index (χ4v) is 3.49. The molecule has 2 aromatic rings. The van der Waals surface area contributed by atoms with Crippen LogP contribution in [0.15, 0.2) is 22.8 Å². The number of hydrogen-bond donors (Lipinski definition) is 3. The highest BCUT2D eigenvalue weighted by atomic mass is 32.2. The number of nitrogens with zero attached hydrogens (tertiary/aromatic N) is 2. The highest BCUT2D eigenvalue weighted by Gasteiger charge is 2.20. The minimum atomic E-state index is -3.58. The van der Waals surface area contributed by atoms with Gasteiger partial charge in [-0.3, -0.25) is 5.10 Å². The highest BCUT2D eigenvalue weighted by molar-refractivity contribution is 7.89. The van der Waals surface area contributed by atoms with E-state index in [1.54, 1.807) is 6.20 Å². The Balaban J connectivity index is 1.97. The van der Waals surface area contributed by atoms with Crippen molar-refractivity contribution in [3.8, 4) is 0 Å². The maximum absolute atomic E-state index is 12.3.